The first-order chi connectivity index (χ1) is 16.5. The molecule has 0 amide bonds. The minimum atomic E-state index is -0.447. The van der Waals surface area contributed by atoms with E-state index in [1.165, 1.54) is 0 Å². The second-order valence-electron chi connectivity index (χ2n) is 8.42. The van der Waals surface area contributed by atoms with Gasteiger partial charge in [0.25, 0.3) is 0 Å². The van der Waals surface area contributed by atoms with E-state index in [1.807, 2.05) is 24.3 Å². The molecule has 4 rings (SSSR count). The summed E-state index contributed by atoms with van der Waals surface area (Å²) < 4.78 is 26.3. The van der Waals surface area contributed by atoms with Gasteiger partial charge in [0.05, 0.1) is 38.1 Å². The van der Waals surface area contributed by atoms with Gasteiger partial charge in [-0.15, -0.1) is 0 Å². The molecule has 1 saturated heterocycles. The van der Waals surface area contributed by atoms with Gasteiger partial charge in [-0.1, -0.05) is 31.2 Å². The van der Waals surface area contributed by atoms with Gasteiger partial charge in [0.2, 0.25) is 0 Å². The molecule has 0 aliphatic carbocycles. The molecule has 7 heteroatoms. The highest BCUT2D eigenvalue weighted by atomic mass is 16.7. The molecule has 176 valence electrons. The summed E-state index contributed by atoms with van der Waals surface area (Å²) in [6.45, 7) is 3.79. The molecule has 1 aliphatic heterocycles. The molecule has 0 saturated carbocycles. The van der Waals surface area contributed by atoms with Crippen molar-refractivity contribution in [2.75, 3.05) is 33.7 Å². The zero-order valence-corrected chi connectivity index (χ0v) is 19.1. The summed E-state index contributed by atoms with van der Waals surface area (Å²) in [5.74, 6) is 0.217. The number of benzene rings is 3. The first-order valence-corrected chi connectivity index (χ1v) is 10.9. The summed E-state index contributed by atoms with van der Waals surface area (Å²) in [7, 11) is 1.57. The van der Waals surface area contributed by atoms with E-state index in [9.17, 15) is 9.59 Å². The van der Waals surface area contributed by atoms with Gasteiger partial charge in [0.1, 0.15) is 11.5 Å². The standard InChI is InChI=1S/C27H26O7/c1-27(15-31-16-27)17-32-18-33-25(28)21-5-3-19(4-6-21)20-7-13-24(14-8-20)34-26(29)22-9-11-23(30-2)12-10-22/h3-14H,15-18H2,1-2H3. The second kappa shape index (κ2) is 10.5. The fraction of sp³-hybridized carbons (Fsp3) is 0.259. The van der Waals surface area contributed by atoms with Crippen LogP contribution in [-0.2, 0) is 14.2 Å². The monoisotopic (exact) mass is 462 g/mol. The smallest absolute Gasteiger partial charge is 0.343 e. The molecule has 0 radical (unpaired) electrons. The summed E-state index contributed by atoms with van der Waals surface area (Å²) in [4.78, 5) is 24.5. The molecule has 0 spiro atoms. The number of esters is 2. The maximum atomic E-state index is 12.3. The van der Waals surface area contributed by atoms with Gasteiger partial charge < -0.3 is 23.7 Å². The zero-order valence-electron chi connectivity index (χ0n) is 19.1. The van der Waals surface area contributed by atoms with Crippen molar-refractivity contribution in [2.45, 2.75) is 6.92 Å². The molecule has 3 aromatic carbocycles. The van der Waals surface area contributed by atoms with Crippen molar-refractivity contribution in [3.63, 3.8) is 0 Å². The topological polar surface area (TPSA) is 80.3 Å². The van der Waals surface area contributed by atoms with Gasteiger partial charge in [-0.3, -0.25) is 0 Å². The largest absolute Gasteiger partial charge is 0.497 e. The zero-order chi connectivity index (χ0) is 24.0. The Morgan fingerprint density at radius 2 is 1.32 bits per heavy atom. The average Bonchev–Trinajstić information content (AvgIpc) is 2.86. The molecule has 7 nitrogen and oxygen atoms in total. The van der Waals surface area contributed by atoms with Crippen molar-refractivity contribution in [1.29, 1.82) is 0 Å². The first kappa shape index (κ1) is 23.5. The predicted molar refractivity (Wildman–Crippen MR) is 125 cm³/mol. The van der Waals surface area contributed by atoms with Crippen LogP contribution in [0.15, 0.2) is 72.8 Å². The summed E-state index contributed by atoms with van der Waals surface area (Å²) in [6.07, 6.45) is 0. The van der Waals surface area contributed by atoms with Crippen molar-refractivity contribution in [3.8, 4) is 22.6 Å². The fourth-order valence-corrected chi connectivity index (χ4v) is 3.41. The third-order valence-corrected chi connectivity index (χ3v) is 5.47. The van der Waals surface area contributed by atoms with Crippen LogP contribution in [-0.4, -0.2) is 45.7 Å². The minimum absolute atomic E-state index is 0.0115. The Hall–Kier alpha value is -3.68. The van der Waals surface area contributed by atoms with E-state index in [0.29, 0.717) is 42.4 Å². The van der Waals surface area contributed by atoms with Crippen LogP contribution in [0.1, 0.15) is 27.6 Å². The highest BCUT2D eigenvalue weighted by Crippen LogP contribution is 2.27. The lowest BCUT2D eigenvalue weighted by Gasteiger charge is -2.37. The molecule has 0 aromatic heterocycles. The molecular weight excluding hydrogens is 436 g/mol. The molecular formula is C27H26O7. The molecule has 1 fully saturated rings. The van der Waals surface area contributed by atoms with E-state index in [0.717, 1.165) is 11.1 Å². The number of rotatable bonds is 9. The number of methoxy groups -OCH3 is 1. The summed E-state index contributed by atoms with van der Waals surface area (Å²) in [5.41, 5.74) is 2.72. The number of carbonyl (C=O) groups excluding carboxylic acids is 2. The Morgan fingerprint density at radius 3 is 1.88 bits per heavy atom. The molecule has 0 atom stereocenters. The van der Waals surface area contributed by atoms with E-state index < -0.39 is 11.9 Å². The summed E-state index contributed by atoms with van der Waals surface area (Å²) in [6, 6.07) is 20.9. The van der Waals surface area contributed by atoms with Crippen LogP contribution in [0.25, 0.3) is 11.1 Å². The Morgan fingerprint density at radius 1 is 0.794 bits per heavy atom. The van der Waals surface area contributed by atoms with Crippen LogP contribution >= 0.6 is 0 Å². The van der Waals surface area contributed by atoms with Crippen LogP contribution < -0.4 is 9.47 Å². The Balaban J connectivity index is 1.29. The molecule has 1 aliphatic rings. The van der Waals surface area contributed by atoms with Crippen LogP contribution in [0.3, 0.4) is 0 Å². The normalized spacial score (nSPS) is 14.1. The van der Waals surface area contributed by atoms with Crippen molar-refractivity contribution in [1.82, 2.24) is 0 Å². The molecule has 34 heavy (non-hydrogen) atoms. The van der Waals surface area contributed by atoms with Gasteiger partial charge in [0.15, 0.2) is 6.79 Å². The van der Waals surface area contributed by atoms with E-state index >= 15 is 0 Å². The summed E-state index contributed by atoms with van der Waals surface area (Å²) in [5, 5.41) is 0. The lowest BCUT2D eigenvalue weighted by molar-refractivity contribution is -0.155. The molecule has 3 aromatic rings. The van der Waals surface area contributed by atoms with E-state index in [-0.39, 0.29) is 12.2 Å². The Kier molecular flexibility index (Phi) is 7.25. The van der Waals surface area contributed by atoms with Crippen LogP contribution in [0.2, 0.25) is 0 Å². The predicted octanol–water partition coefficient (Wildman–Crippen LogP) is 4.75. The van der Waals surface area contributed by atoms with Gasteiger partial charge in [0, 0.05) is 5.41 Å². The van der Waals surface area contributed by atoms with Crippen molar-refractivity contribution in [3.05, 3.63) is 83.9 Å². The second-order valence-corrected chi connectivity index (χ2v) is 8.42. The third-order valence-electron chi connectivity index (χ3n) is 5.47. The average molecular weight is 462 g/mol. The Bertz CT molecular complexity index is 1120. The molecule has 1 heterocycles. The molecule has 0 unspecified atom stereocenters. The number of hydrogen-bond acceptors (Lipinski definition) is 7. The SMILES string of the molecule is COc1ccc(C(=O)Oc2ccc(-c3ccc(C(=O)OCOCC4(C)COC4)cc3)cc2)cc1. The van der Waals surface area contributed by atoms with Crippen molar-refractivity contribution >= 4 is 11.9 Å². The minimum Gasteiger partial charge on any atom is -0.497 e. The highest BCUT2D eigenvalue weighted by Gasteiger charge is 2.33. The molecule has 0 N–H and O–H groups in total. The van der Waals surface area contributed by atoms with Crippen LogP contribution in [0.5, 0.6) is 11.5 Å². The quantitative estimate of drug-likeness (QED) is 0.196. The highest BCUT2D eigenvalue weighted by molar-refractivity contribution is 5.91. The Labute approximate surface area is 198 Å². The van der Waals surface area contributed by atoms with Gasteiger partial charge >= 0.3 is 11.9 Å². The first-order valence-electron chi connectivity index (χ1n) is 10.9. The van der Waals surface area contributed by atoms with Crippen LogP contribution in [0.4, 0.5) is 0 Å². The molecule has 0 bridgehead atoms. The third kappa shape index (κ3) is 5.81. The van der Waals surface area contributed by atoms with E-state index in [2.05, 4.69) is 6.92 Å². The maximum absolute atomic E-state index is 12.3. The summed E-state index contributed by atoms with van der Waals surface area (Å²) >= 11 is 0. The fourth-order valence-electron chi connectivity index (χ4n) is 3.41. The van der Waals surface area contributed by atoms with Gasteiger partial charge in [-0.2, -0.15) is 0 Å². The number of carbonyl (C=O) groups is 2. The van der Waals surface area contributed by atoms with E-state index in [1.54, 1.807) is 55.6 Å². The lowest BCUT2D eigenvalue weighted by atomic mass is 9.90. The van der Waals surface area contributed by atoms with Crippen LogP contribution in [0, 0.1) is 5.41 Å². The van der Waals surface area contributed by atoms with Crippen molar-refractivity contribution in [2.24, 2.45) is 5.41 Å². The number of ether oxygens (including phenoxy) is 5. The van der Waals surface area contributed by atoms with E-state index in [4.69, 9.17) is 23.7 Å². The lowest BCUT2D eigenvalue weighted by Crippen LogP contribution is -2.43. The maximum Gasteiger partial charge on any atom is 0.343 e. The van der Waals surface area contributed by atoms with Gasteiger partial charge in [-0.25, -0.2) is 9.59 Å². The van der Waals surface area contributed by atoms with Crippen molar-refractivity contribution < 1.29 is 33.3 Å². The number of hydrogen-bond donors (Lipinski definition) is 0. The van der Waals surface area contributed by atoms with Gasteiger partial charge in [-0.05, 0) is 59.7 Å².